The largest absolute Gasteiger partial charge is 0.486 e. The van der Waals surface area contributed by atoms with Crippen LogP contribution in [-0.4, -0.2) is 33.3 Å². The molecule has 1 heterocycles. The summed E-state index contributed by atoms with van der Waals surface area (Å²) in [6.07, 6.45) is 0. The molecular formula is C19H21N3O4S2. The van der Waals surface area contributed by atoms with E-state index < -0.39 is 10.0 Å². The molecule has 0 spiro atoms. The van der Waals surface area contributed by atoms with Gasteiger partial charge in [0.05, 0.1) is 4.90 Å². The van der Waals surface area contributed by atoms with Gasteiger partial charge in [0.2, 0.25) is 0 Å². The molecule has 0 amide bonds. The zero-order valence-corrected chi connectivity index (χ0v) is 17.0. The highest BCUT2D eigenvalue weighted by Gasteiger charge is 2.19. The molecule has 0 saturated carbocycles. The van der Waals surface area contributed by atoms with Crippen molar-refractivity contribution < 1.29 is 17.9 Å². The summed E-state index contributed by atoms with van der Waals surface area (Å²) < 4.78 is 38.7. The van der Waals surface area contributed by atoms with E-state index in [1.807, 2.05) is 6.92 Å². The monoisotopic (exact) mass is 419 g/mol. The first kappa shape index (κ1) is 20.0. The van der Waals surface area contributed by atoms with Crippen molar-refractivity contribution in [1.82, 2.24) is 5.32 Å². The van der Waals surface area contributed by atoms with Gasteiger partial charge < -0.3 is 20.1 Å². The molecule has 0 aliphatic carbocycles. The zero-order chi connectivity index (χ0) is 20.1. The molecular weight excluding hydrogens is 398 g/mol. The van der Waals surface area contributed by atoms with Gasteiger partial charge >= 0.3 is 0 Å². The zero-order valence-electron chi connectivity index (χ0n) is 15.3. The first-order chi connectivity index (χ1) is 13.3. The second-order valence-electron chi connectivity index (χ2n) is 6.25. The first-order valence-electron chi connectivity index (χ1n) is 8.55. The van der Waals surface area contributed by atoms with E-state index in [2.05, 4.69) is 21.9 Å². The van der Waals surface area contributed by atoms with E-state index in [0.717, 1.165) is 11.3 Å². The van der Waals surface area contributed by atoms with Crippen molar-refractivity contribution in [2.45, 2.75) is 11.8 Å². The van der Waals surface area contributed by atoms with Crippen LogP contribution in [-0.2, 0) is 10.0 Å². The van der Waals surface area contributed by atoms with Crippen LogP contribution >= 0.6 is 12.2 Å². The lowest BCUT2D eigenvalue weighted by atomic mass is 10.3. The maximum absolute atomic E-state index is 12.6. The summed E-state index contributed by atoms with van der Waals surface area (Å²) in [6, 6.07) is 11.3. The van der Waals surface area contributed by atoms with Crippen molar-refractivity contribution in [3.63, 3.8) is 0 Å². The fourth-order valence-electron chi connectivity index (χ4n) is 2.43. The number of thiocarbonyl (C=S) groups is 1. The van der Waals surface area contributed by atoms with Gasteiger partial charge in [-0.05, 0) is 55.5 Å². The number of anilines is 2. The minimum absolute atomic E-state index is 0.101. The molecule has 7 nitrogen and oxygen atoms in total. The van der Waals surface area contributed by atoms with Crippen molar-refractivity contribution in [3.05, 3.63) is 54.6 Å². The standard InChI is InChI=1S/C19H21N3O4S2/c1-13(2)12-20-19(27)21-14-3-5-15(6-4-14)22-28(23,24)16-7-8-17-18(11-16)26-10-9-25-17/h3-8,11,22H,1,9-10,12H2,2H3,(H2,20,21,27). The Balaban J connectivity index is 1.66. The Morgan fingerprint density at radius 2 is 1.71 bits per heavy atom. The fourth-order valence-corrected chi connectivity index (χ4v) is 3.70. The molecule has 3 N–H and O–H groups in total. The SMILES string of the molecule is C=C(C)CNC(=S)Nc1ccc(NS(=O)(=O)c2ccc3c(c2)OCCO3)cc1. The molecule has 2 aromatic rings. The van der Waals surface area contributed by atoms with Crippen molar-refractivity contribution in [2.24, 2.45) is 0 Å². The minimum atomic E-state index is -3.75. The van der Waals surface area contributed by atoms with Crippen LogP contribution in [0.4, 0.5) is 11.4 Å². The number of nitrogens with one attached hydrogen (secondary N) is 3. The van der Waals surface area contributed by atoms with E-state index in [1.165, 1.54) is 12.1 Å². The minimum Gasteiger partial charge on any atom is -0.486 e. The maximum atomic E-state index is 12.6. The Bertz CT molecular complexity index is 989. The summed E-state index contributed by atoms with van der Waals surface area (Å²) >= 11 is 5.19. The van der Waals surface area contributed by atoms with Crippen LogP contribution in [0.15, 0.2) is 59.5 Å². The predicted octanol–water partition coefficient (Wildman–Crippen LogP) is 3.12. The number of benzene rings is 2. The van der Waals surface area contributed by atoms with E-state index >= 15 is 0 Å². The van der Waals surface area contributed by atoms with E-state index in [0.29, 0.717) is 42.1 Å². The highest BCUT2D eigenvalue weighted by atomic mass is 32.2. The van der Waals surface area contributed by atoms with Gasteiger partial charge in [0.15, 0.2) is 16.6 Å². The summed E-state index contributed by atoms with van der Waals surface area (Å²) in [7, 11) is -3.75. The molecule has 148 valence electrons. The fraction of sp³-hybridized carbons (Fsp3) is 0.211. The Labute approximate surface area is 169 Å². The predicted molar refractivity (Wildman–Crippen MR) is 114 cm³/mol. The van der Waals surface area contributed by atoms with Crippen LogP contribution in [0, 0.1) is 0 Å². The Hall–Kier alpha value is -2.78. The van der Waals surface area contributed by atoms with Crippen LogP contribution in [0.1, 0.15) is 6.92 Å². The lowest BCUT2D eigenvalue weighted by Gasteiger charge is -2.19. The van der Waals surface area contributed by atoms with Gasteiger partial charge in [-0.2, -0.15) is 0 Å². The highest BCUT2D eigenvalue weighted by Crippen LogP contribution is 2.32. The number of fused-ring (bicyclic) bond motifs is 1. The van der Waals surface area contributed by atoms with Gasteiger partial charge in [-0.1, -0.05) is 12.2 Å². The van der Waals surface area contributed by atoms with Gasteiger partial charge in [0.25, 0.3) is 10.0 Å². The van der Waals surface area contributed by atoms with Crippen LogP contribution in [0.25, 0.3) is 0 Å². The van der Waals surface area contributed by atoms with E-state index in [4.69, 9.17) is 21.7 Å². The van der Waals surface area contributed by atoms with Crippen LogP contribution in [0.5, 0.6) is 11.5 Å². The second-order valence-corrected chi connectivity index (χ2v) is 8.34. The molecule has 0 aromatic heterocycles. The molecule has 9 heteroatoms. The number of rotatable bonds is 6. The van der Waals surface area contributed by atoms with Gasteiger partial charge in [0.1, 0.15) is 13.2 Å². The van der Waals surface area contributed by atoms with Crippen molar-refractivity contribution in [1.29, 1.82) is 0 Å². The Morgan fingerprint density at radius 3 is 2.39 bits per heavy atom. The topological polar surface area (TPSA) is 88.7 Å². The molecule has 0 saturated heterocycles. The molecule has 2 aromatic carbocycles. The smallest absolute Gasteiger partial charge is 0.262 e. The number of sulfonamides is 1. The number of hydrogen-bond donors (Lipinski definition) is 3. The molecule has 0 unspecified atom stereocenters. The summed E-state index contributed by atoms with van der Waals surface area (Å²) in [5, 5.41) is 6.51. The summed E-state index contributed by atoms with van der Waals surface area (Å²) in [5.74, 6) is 0.960. The Kier molecular flexibility index (Phi) is 6.05. The van der Waals surface area contributed by atoms with Crippen LogP contribution in [0.2, 0.25) is 0 Å². The first-order valence-corrected chi connectivity index (χ1v) is 10.4. The van der Waals surface area contributed by atoms with E-state index in [9.17, 15) is 8.42 Å². The molecule has 28 heavy (non-hydrogen) atoms. The number of ether oxygens (including phenoxy) is 2. The number of hydrogen-bond acceptors (Lipinski definition) is 5. The van der Waals surface area contributed by atoms with E-state index in [-0.39, 0.29) is 4.90 Å². The third-order valence-corrected chi connectivity index (χ3v) is 5.40. The summed E-state index contributed by atoms with van der Waals surface area (Å²) in [6.45, 7) is 7.12. The second kappa shape index (κ2) is 8.49. The molecule has 0 radical (unpaired) electrons. The van der Waals surface area contributed by atoms with Crippen molar-refractivity contribution in [2.75, 3.05) is 29.8 Å². The van der Waals surface area contributed by atoms with Crippen LogP contribution < -0.4 is 24.8 Å². The average molecular weight is 420 g/mol. The molecule has 0 bridgehead atoms. The molecule has 1 aliphatic rings. The molecule has 1 aliphatic heterocycles. The Morgan fingerprint density at radius 1 is 1.07 bits per heavy atom. The van der Waals surface area contributed by atoms with Gasteiger partial charge in [-0.3, -0.25) is 4.72 Å². The quantitative estimate of drug-likeness (QED) is 0.490. The average Bonchev–Trinajstić information content (AvgIpc) is 2.67. The summed E-state index contributed by atoms with van der Waals surface area (Å²) in [4.78, 5) is 0.101. The maximum Gasteiger partial charge on any atom is 0.262 e. The van der Waals surface area contributed by atoms with E-state index in [1.54, 1.807) is 30.3 Å². The lowest BCUT2D eigenvalue weighted by molar-refractivity contribution is 0.171. The third-order valence-electron chi connectivity index (χ3n) is 3.77. The highest BCUT2D eigenvalue weighted by molar-refractivity contribution is 7.92. The molecule has 0 fully saturated rings. The van der Waals surface area contributed by atoms with Crippen LogP contribution in [0.3, 0.4) is 0 Å². The van der Waals surface area contributed by atoms with Gasteiger partial charge in [-0.15, -0.1) is 0 Å². The summed E-state index contributed by atoms with van der Waals surface area (Å²) in [5.41, 5.74) is 2.13. The van der Waals surface area contributed by atoms with Gasteiger partial charge in [-0.25, -0.2) is 8.42 Å². The lowest BCUT2D eigenvalue weighted by Crippen LogP contribution is -2.29. The molecule has 3 rings (SSSR count). The van der Waals surface area contributed by atoms with Crippen molar-refractivity contribution in [3.8, 4) is 11.5 Å². The van der Waals surface area contributed by atoms with Gasteiger partial charge in [0, 0.05) is 24.0 Å². The third kappa shape index (κ3) is 5.14. The van der Waals surface area contributed by atoms with Crippen molar-refractivity contribution >= 4 is 38.7 Å². The molecule has 0 atom stereocenters. The normalized spacial score (nSPS) is 12.8.